The molecular weight excluding hydrogens is 428 g/mol. The lowest BCUT2D eigenvalue weighted by atomic mass is 10.1. The minimum atomic E-state index is -0.496. The fourth-order valence-electron chi connectivity index (χ4n) is 4.14. The quantitative estimate of drug-likeness (QED) is 0.410. The highest BCUT2D eigenvalue weighted by molar-refractivity contribution is 6.30. The van der Waals surface area contributed by atoms with Gasteiger partial charge >= 0.3 is 5.63 Å². The van der Waals surface area contributed by atoms with Crippen molar-refractivity contribution < 1.29 is 14.3 Å². The van der Waals surface area contributed by atoms with E-state index < -0.39 is 5.63 Å². The molecule has 0 spiro atoms. The lowest BCUT2D eigenvalue weighted by Gasteiger charge is -2.34. The smallest absolute Gasteiger partial charge is 0.342 e. The molecule has 1 N–H and O–H groups in total. The van der Waals surface area contributed by atoms with Crippen LogP contribution in [0, 0.1) is 6.92 Å². The first-order chi connectivity index (χ1) is 15.5. The molecule has 4 rings (SSSR count). The number of ether oxygens (including phenoxy) is 1. The van der Waals surface area contributed by atoms with Crippen LogP contribution in [0.15, 0.2) is 51.7 Å². The highest BCUT2D eigenvalue weighted by Crippen LogP contribution is 2.24. The number of aliphatic hydroxyl groups excluding tert-OH is 1. The van der Waals surface area contributed by atoms with Crippen LogP contribution in [-0.4, -0.2) is 54.2 Å². The normalized spacial score (nSPS) is 15.3. The molecule has 6 nitrogen and oxygen atoms in total. The van der Waals surface area contributed by atoms with E-state index in [0.717, 1.165) is 61.7 Å². The van der Waals surface area contributed by atoms with Crippen LogP contribution in [0.2, 0.25) is 5.02 Å². The predicted octanol–water partition coefficient (Wildman–Crippen LogP) is 3.83. The fraction of sp³-hybridized carbons (Fsp3) is 0.400. The number of piperazine rings is 1. The summed E-state index contributed by atoms with van der Waals surface area (Å²) < 4.78 is 11.2. The van der Waals surface area contributed by atoms with Crippen LogP contribution in [0.5, 0.6) is 5.75 Å². The Morgan fingerprint density at radius 2 is 1.78 bits per heavy atom. The van der Waals surface area contributed by atoms with Crippen LogP contribution in [0.25, 0.3) is 11.0 Å². The number of hydrogen-bond acceptors (Lipinski definition) is 6. The van der Waals surface area contributed by atoms with E-state index in [2.05, 4.69) is 21.9 Å². The maximum Gasteiger partial charge on any atom is 0.342 e. The number of aliphatic hydroxyl groups is 1. The van der Waals surface area contributed by atoms with Gasteiger partial charge < -0.3 is 19.2 Å². The number of benzene rings is 2. The van der Waals surface area contributed by atoms with E-state index in [1.54, 1.807) is 6.07 Å². The van der Waals surface area contributed by atoms with E-state index in [-0.39, 0.29) is 6.61 Å². The zero-order valence-electron chi connectivity index (χ0n) is 18.3. The van der Waals surface area contributed by atoms with Gasteiger partial charge in [0.05, 0.1) is 18.8 Å². The van der Waals surface area contributed by atoms with Gasteiger partial charge in [0.15, 0.2) is 0 Å². The van der Waals surface area contributed by atoms with Gasteiger partial charge in [-0.2, -0.15) is 0 Å². The Kier molecular flexibility index (Phi) is 7.48. The van der Waals surface area contributed by atoms with Crippen LogP contribution in [0.1, 0.15) is 23.1 Å². The van der Waals surface area contributed by atoms with Crippen LogP contribution in [-0.2, 0) is 13.2 Å². The molecule has 2 aromatic carbocycles. The summed E-state index contributed by atoms with van der Waals surface area (Å²) in [5.74, 6) is 0.685. The van der Waals surface area contributed by atoms with E-state index in [4.69, 9.17) is 20.8 Å². The van der Waals surface area contributed by atoms with E-state index in [9.17, 15) is 9.90 Å². The van der Waals surface area contributed by atoms with Crippen molar-refractivity contribution in [1.82, 2.24) is 9.80 Å². The van der Waals surface area contributed by atoms with E-state index in [1.165, 1.54) is 5.56 Å². The third-order valence-corrected chi connectivity index (χ3v) is 6.34. The lowest BCUT2D eigenvalue weighted by Crippen LogP contribution is -2.46. The summed E-state index contributed by atoms with van der Waals surface area (Å²) in [5.41, 5.74) is 2.34. The molecule has 32 heavy (non-hydrogen) atoms. The Morgan fingerprint density at radius 1 is 1.06 bits per heavy atom. The molecule has 170 valence electrons. The number of nitrogens with zero attached hydrogens (tertiary/aromatic N) is 2. The van der Waals surface area contributed by atoms with Gasteiger partial charge in [-0.3, -0.25) is 4.90 Å². The average molecular weight is 457 g/mol. The van der Waals surface area contributed by atoms with Crippen molar-refractivity contribution in [2.45, 2.75) is 26.5 Å². The molecule has 0 radical (unpaired) electrons. The van der Waals surface area contributed by atoms with E-state index in [0.29, 0.717) is 23.5 Å². The zero-order chi connectivity index (χ0) is 22.5. The minimum Gasteiger partial charge on any atom is -0.493 e. The molecule has 2 heterocycles. The monoisotopic (exact) mass is 456 g/mol. The average Bonchev–Trinajstić information content (AvgIpc) is 2.79. The van der Waals surface area contributed by atoms with E-state index >= 15 is 0 Å². The number of halogens is 1. The van der Waals surface area contributed by atoms with Crippen molar-refractivity contribution in [1.29, 1.82) is 0 Å². The molecule has 1 aliphatic heterocycles. The van der Waals surface area contributed by atoms with Gasteiger partial charge in [-0.15, -0.1) is 0 Å². The Morgan fingerprint density at radius 3 is 2.50 bits per heavy atom. The highest BCUT2D eigenvalue weighted by Gasteiger charge is 2.17. The van der Waals surface area contributed by atoms with Gasteiger partial charge in [-0.25, -0.2) is 4.79 Å². The Hall–Kier alpha value is -2.38. The number of fused-ring (bicyclic) bond motifs is 1. The summed E-state index contributed by atoms with van der Waals surface area (Å²) in [6.07, 6.45) is 0.932. The third kappa shape index (κ3) is 5.51. The second-order valence-corrected chi connectivity index (χ2v) is 8.69. The molecule has 0 bridgehead atoms. The SMILES string of the molecule is Cc1c(CO)c(=O)oc2cc(OCCCN3CCN(Cc4ccc(Cl)cc4)CC3)ccc12. The van der Waals surface area contributed by atoms with Gasteiger partial charge in [0.25, 0.3) is 0 Å². The Bertz CT molecular complexity index is 1110. The molecule has 0 aliphatic carbocycles. The Balaban J connectivity index is 1.21. The largest absolute Gasteiger partial charge is 0.493 e. The van der Waals surface area contributed by atoms with Crippen molar-refractivity contribution in [2.75, 3.05) is 39.3 Å². The fourth-order valence-corrected chi connectivity index (χ4v) is 4.27. The standard InChI is InChI=1S/C25H29ClN2O4/c1-18-22-8-7-21(15-24(22)32-25(30)23(18)17-29)31-14-2-9-27-10-12-28(13-11-27)16-19-3-5-20(26)6-4-19/h3-8,15,29H,2,9-14,16-17H2,1H3. The first kappa shape index (κ1) is 22.8. The lowest BCUT2D eigenvalue weighted by molar-refractivity contribution is 0.121. The molecule has 0 amide bonds. The summed E-state index contributed by atoms with van der Waals surface area (Å²) >= 11 is 5.97. The molecule has 0 saturated carbocycles. The minimum absolute atomic E-state index is 0.305. The van der Waals surface area contributed by atoms with Gasteiger partial charge in [0, 0.05) is 55.7 Å². The first-order valence-corrected chi connectivity index (χ1v) is 11.4. The highest BCUT2D eigenvalue weighted by atomic mass is 35.5. The molecule has 1 aromatic heterocycles. The molecule has 3 aromatic rings. The second kappa shape index (κ2) is 10.5. The van der Waals surface area contributed by atoms with Crippen molar-refractivity contribution in [3.05, 3.63) is 74.6 Å². The maximum atomic E-state index is 12.0. The van der Waals surface area contributed by atoms with Crippen LogP contribution >= 0.6 is 11.6 Å². The van der Waals surface area contributed by atoms with Gasteiger partial charge in [-0.1, -0.05) is 23.7 Å². The topological polar surface area (TPSA) is 66.2 Å². The molecule has 7 heteroatoms. The third-order valence-electron chi connectivity index (χ3n) is 6.09. The van der Waals surface area contributed by atoms with Gasteiger partial charge in [0.2, 0.25) is 0 Å². The molecule has 0 unspecified atom stereocenters. The van der Waals surface area contributed by atoms with E-state index in [1.807, 2.05) is 31.2 Å². The maximum absolute atomic E-state index is 12.0. The summed E-state index contributed by atoms with van der Waals surface area (Å²) in [5, 5.41) is 11.0. The van der Waals surface area contributed by atoms with Gasteiger partial charge in [0.1, 0.15) is 11.3 Å². The summed E-state index contributed by atoms with van der Waals surface area (Å²) in [6, 6.07) is 13.6. The molecule has 1 fully saturated rings. The summed E-state index contributed by atoms with van der Waals surface area (Å²) in [4.78, 5) is 16.9. The van der Waals surface area contributed by atoms with Crippen molar-refractivity contribution >= 4 is 22.6 Å². The summed E-state index contributed by atoms with van der Waals surface area (Å²) in [6.45, 7) is 8.29. The van der Waals surface area contributed by atoms with Crippen molar-refractivity contribution in [3.8, 4) is 5.75 Å². The summed E-state index contributed by atoms with van der Waals surface area (Å²) in [7, 11) is 0. The Labute approximate surface area is 193 Å². The van der Waals surface area contributed by atoms with Crippen LogP contribution in [0.3, 0.4) is 0 Å². The zero-order valence-corrected chi connectivity index (χ0v) is 19.1. The van der Waals surface area contributed by atoms with Crippen LogP contribution < -0.4 is 10.4 Å². The van der Waals surface area contributed by atoms with Crippen molar-refractivity contribution in [3.63, 3.8) is 0 Å². The van der Waals surface area contributed by atoms with Gasteiger partial charge in [-0.05, 0) is 48.7 Å². The molecular formula is C25H29ClN2O4. The number of rotatable bonds is 8. The number of aryl methyl sites for hydroxylation is 1. The molecule has 0 atom stereocenters. The van der Waals surface area contributed by atoms with Crippen molar-refractivity contribution in [2.24, 2.45) is 0 Å². The molecule has 1 aliphatic rings. The number of hydrogen-bond donors (Lipinski definition) is 1. The van der Waals surface area contributed by atoms with Crippen LogP contribution in [0.4, 0.5) is 0 Å². The predicted molar refractivity (Wildman–Crippen MR) is 126 cm³/mol. The first-order valence-electron chi connectivity index (χ1n) is 11.0. The molecule has 1 saturated heterocycles. The second-order valence-electron chi connectivity index (χ2n) is 8.26.